The van der Waals surface area contributed by atoms with Crippen molar-refractivity contribution in [3.05, 3.63) is 54.0 Å². The van der Waals surface area contributed by atoms with E-state index in [1.54, 1.807) is 41.4 Å². The number of morpholine rings is 1. The van der Waals surface area contributed by atoms with Gasteiger partial charge in [0.05, 0.1) is 23.0 Å². The second kappa shape index (κ2) is 6.80. The summed E-state index contributed by atoms with van der Waals surface area (Å²) in [4.78, 5) is 19.0. The molecule has 0 aliphatic carbocycles. The van der Waals surface area contributed by atoms with Crippen molar-refractivity contribution in [3.8, 4) is 0 Å². The maximum absolute atomic E-state index is 13.9. The Balaban J connectivity index is 1.88. The smallest absolute Gasteiger partial charge is 0.257 e. The predicted molar refractivity (Wildman–Crippen MR) is 94.4 cm³/mol. The standard InChI is InChI=1S/C19H22FN3O2/c1-13-11-23(12-19(2,3)25-13)18(24)14-7-6-10-21-17(14)22-16-9-5-4-8-15(16)20/h4-10,13H,11-12H2,1-3H3,(H,21,22)/t13-/m1/s1. The van der Waals surface area contributed by atoms with Crippen LogP contribution in [0.25, 0.3) is 0 Å². The second-order valence-electron chi connectivity index (χ2n) is 6.88. The molecule has 3 rings (SSSR count). The zero-order chi connectivity index (χ0) is 18.0. The fourth-order valence-electron chi connectivity index (χ4n) is 3.15. The molecule has 0 spiro atoms. The maximum atomic E-state index is 13.9. The highest BCUT2D eigenvalue weighted by Gasteiger charge is 2.34. The molecule has 1 fully saturated rings. The molecule has 2 heterocycles. The Kier molecular flexibility index (Phi) is 4.72. The Morgan fingerprint density at radius 3 is 2.80 bits per heavy atom. The number of anilines is 2. The average Bonchev–Trinajstić information content (AvgIpc) is 2.55. The highest BCUT2D eigenvalue weighted by molar-refractivity contribution is 5.99. The van der Waals surface area contributed by atoms with Gasteiger partial charge in [0.25, 0.3) is 5.91 Å². The lowest BCUT2D eigenvalue weighted by molar-refractivity contribution is -0.118. The number of nitrogens with zero attached hydrogens (tertiary/aromatic N) is 2. The SMILES string of the molecule is C[C@@H]1CN(C(=O)c2cccnc2Nc2ccccc2F)CC(C)(C)O1. The van der Waals surface area contributed by atoms with Crippen molar-refractivity contribution in [2.45, 2.75) is 32.5 Å². The number of hydrogen-bond donors (Lipinski definition) is 1. The Morgan fingerprint density at radius 1 is 1.32 bits per heavy atom. The van der Waals surface area contributed by atoms with Crippen LogP contribution < -0.4 is 5.32 Å². The predicted octanol–water partition coefficient (Wildman–Crippen LogP) is 3.60. The highest BCUT2D eigenvalue weighted by Crippen LogP contribution is 2.26. The number of hydrogen-bond acceptors (Lipinski definition) is 4. The number of ether oxygens (including phenoxy) is 1. The van der Waals surface area contributed by atoms with Crippen molar-refractivity contribution in [3.63, 3.8) is 0 Å². The fraction of sp³-hybridized carbons (Fsp3) is 0.368. The van der Waals surface area contributed by atoms with Gasteiger partial charge >= 0.3 is 0 Å². The third kappa shape index (κ3) is 3.96. The summed E-state index contributed by atoms with van der Waals surface area (Å²) in [5.41, 5.74) is 0.288. The van der Waals surface area contributed by atoms with E-state index in [9.17, 15) is 9.18 Å². The molecule has 0 radical (unpaired) electrons. The number of aromatic nitrogens is 1. The zero-order valence-corrected chi connectivity index (χ0v) is 14.6. The van der Waals surface area contributed by atoms with E-state index in [1.807, 2.05) is 20.8 Å². The molecule has 1 N–H and O–H groups in total. The fourth-order valence-corrected chi connectivity index (χ4v) is 3.15. The first-order chi connectivity index (χ1) is 11.9. The number of para-hydroxylation sites is 1. The van der Waals surface area contributed by atoms with Gasteiger partial charge in [-0.3, -0.25) is 4.79 Å². The van der Waals surface area contributed by atoms with E-state index >= 15 is 0 Å². The van der Waals surface area contributed by atoms with Crippen LogP contribution in [0.15, 0.2) is 42.6 Å². The molecule has 0 unspecified atom stereocenters. The Hall–Kier alpha value is -2.47. The van der Waals surface area contributed by atoms with Gasteiger partial charge in [-0.1, -0.05) is 12.1 Å². The van der Waals surface area contributed by atoms with Crippen LogP contribution in [0.5, 0.6) is 0 Å². The summed E-state index contributed by atoms with van der Waals surface area (Å²) in [5, 5.41) is 2.93. The number of carbonyl (C=O) groups excluding carboxylic acids is 1. The summed E-state index contributed by atoms with van der Waals surface area (Å²) >= 11 is 0. The van der Waals surface area contributed by atoms with Crippen molar-refractivity contribution in [2.24, 2.45) is 0 Å². The molecule has 1 amide bonds. The molecule has 6 heteroatoms. The third-order valence-corrected chi connectivity index (χ3v) is 4.02. The molecule has 0 saturated carbocycles. The summed E-state index contributed by atoms with van der Waals surface area (Å²) in [6.07, 6.45) is 1.53. The molecule has 25 heavy (non-hydrogen) atoms. The van der Waals surface area contributed by atoms with E-state index in [1.165, 1.54) is 6.07 Å². The van der Waals surface area contributed by atoms with Crippen LogP contribution >= 0.6 is 0 Å². The van der Waals surface area contributed by atoms with E-state index < -0.39 is 11.4 Å². The van der Waals surface area contributed by atoms with E-state index in [2.05, 4.69) is 10.3 Å². The van der Waals surface area contributed by atoms with Gasteiger partial charge in [0.2, 0.25) is 0 Å². The molecule has 1 atom stereocenters. The van der Waals surface area contributed by atoms with Gasteiger partial charge in [-0.15, -0.1) is 0 Å². The first-order valence-corrected chi connectivity index (χ1v) is 8.29. The molecule has 132 valence electrons. The van der Waals surface area contributed by atoms with Crippen LogP contribution in [0.3, 0.4) is 0 Å². The number of amides is 1. The molecule has 1 saturated heterocycles. The molecule has 0 bridgehead atoms. The summed E-state index contributed by atoms with van der Waals surface area (Å²) in [6.45, 7) is 6.87. The third-order valence-electron chi connectivity index (χ3n) is 4.02. The van der Waals surface area contributed by atoms with Gasteiger partial charge in [0, 0.05) is 19.3 Å². The lowest BCUT2D eigenvalue weighted by Gasteiger charge is -2.41. The highest BCUT2D eigenvalue weighted by atomic mass is 19.1. The van der Waals surface area contributed by atoms with Crippen molar-refractivity contribution >= 4 is 17.4 Å². The minimum absolute atomic E-state index is 0.0488. The number of pyridine rings is 1. The summed E-state index contributed by atoms with van der Waals surface area (Å²) < 4.78 is 19.8. The van der Waals surface area contributed by atoms with Crippen LogP contribution in [0.2, 0.25) is 0 Å². The molecular formula is C19H22FN3O2. The molecule has 1 aromatic carbocycles. The van der Waals surface area contributed by atoms with Crippen LogP contribution in [0, 0.1) is 5.82 Å². The first kappa shape index (κ1) is 17.4. The quantitative estimate of drug-likeness (QED) is 0.925. The van der Waals surface area contributed by atoms with Gasteiger partial charge in [-0.2, -0.15) is 0 Å². The van der Waals surface area contributed by atoms with Gasteiger partial charge < -0.3 is 15.0 Å². The number of carbonyl (C=O) groups is 1. The van der Waals surface area contributed by atoms with Crippen LogP contribution in [0.4, 0.5) is 15.9 Å². The average molecular weight is 343 g/mol. The van der Waals surface area contributed by atoms with E-state index in [0.717, 1.165) is 0 Å². The topological polar surface area (TPSA) is 54.5 Å². The van der Waals surface area contributed by atoms with Crippen molar-refractivity contribution in [2.75, 3.05) is 18.4 Å². The largest absolute Gasteiger partial charge is 0.369 e. The van der Waals surface area contributed by atoms with E-state index in [0.29, 0.717) is 24.5 Å². The van der Waals surface area contributed by atoms with Gasteiger partial charge in [0.15, 0.2) is 0 Å². The van der Waals surface area contributed by atoms with Crippen LogP contribution in [0.1, 0.15) is 31.1 Å². The molecule has 1 aromatic heterocycles. The molecular weight excluding hydrogens is 321 g/mol. The number of halogens is 1. The zero-order valence-electron chi connectivity index (χ0n) is 14.6. The minimum Gasteiger partial charge on any atom is -0.369 e. The van der Waals surface area contributed by atoms with Crippen LogP contribution in [-0.2, 0) is 4.74 Å². The van der Waals surface area contributed by atoms with E-state index in [4.69, 9.17) is 4.74 Å². The van der Waals surface area contributed by atoms with E-state index in [-0.39, 0.29) is 17.7 Å². The molecule has 2 aromatic rings. The Bertz CT molecular complexity index is 779. The van der Waals surface area contributed by atoms with Gasteiger partial charge in [-0.05, 0) is 45.0 Å². The molecule has 1 aliphatic rings. The van der Waals surface area contributed by atoms with Gasteiger partial charge in [0.1, 0.15) is 11.6 Å². The van der Waals surface area contributed by atoms with Crippen molar-refractivity contribution < 1.29 is 13.9 Å². The van der Waals surface area contributed by atoms with Crippen LogP contribution in [-0.4, -0.2) is 40.6 Å². The van der Waals surface area contributed by atoms with Gasteiger partial charge in [-0.25, -0.2) is 9.37 Å². The van der Waals surface area contributed by atoms with Crippen molar-refractivity contribution in [1.82, 2.24) is 9.88 Å². The Labute approximate surface area is 146 Å². The first-order valence-electron chi connectivity index (χ1n) is 8.29. The molecule has 1 aliphatic heterocycles. The monoisotopic (exact) mass is 343 g/mol. The molecule has 5 nitrogen and oxygen atoms in total. The lowest BCUT2D eigenvalue weighted by atomic mass is 10.0. The minimum atomic E-state index is -0.408. The summed E-state index contributed by atoms with van der Waals surface area (Å²) in [6, 6.07) is 9.71. The number of nitrogens with one attached hydrogen (secondary N) is 1. The number of benzene rings is 1. The second-order valence-corrected chi connectivity index (χ2v) is 6.88. The number of rotatable bonds is 3. The summed E-state index contributed by atoms with van der Waals surface area (Å²) in [7, 11) is 0. The Morgan fingerprint density at radius 2 is 2.08 bits per heavy atom. The maximum Gasteiger partial charge on any atom is 0.257 e. The normalized spacial score (nSPS) is 19.5. The lowest BCUT2D eigenvalue weighted by Crippen LogP contribution is -2.53. The van der Waals surface area contributed by atoms with Crippen molar-refractivity contribution in [1.29, 1.82) is 0 Å². The summed E-state index contributed by atoms with van der Waals surface area (Å²) in [5.74, 6) is -0.197.